The molecule has 0 saturated heterocycles. The number of rotatable bonds is 5. The first kappa shape index (κ1) is 13.3. The van der Waals surface area contributed by atoms with E-state index in [1.807, 2.05) is 18.2 Å². The second-order valence-corrected chi connectivity index (χ2v) is 6.00. The number of fused-ring (bicyclic) bond motifs is 1. The number of aromatic nitrogens is 2. The van der Waals surface area contributed by atoms with E-state index >= 15 is 0 Å². The number of imidazole rings is 1. The summed E-state index contributed by atoms with van der Waals surface area (Å²) in [6.45, 7) is 0.898. The van der Waals surface area contributed by atoms with Gasteiger partial charge < -0.3 is 10.3 Å². The Balaban J connectivity index is 1.95. The number of nitrogens with two attached hydrogens (primary N) is 1. The van der Waals surface area contributed by atoms with Crippen molar-refractivity contribution in [2.24, 2.45) is 5.73 Å². The quantitative estimate of drug-likeness (QED) is 0.736. The second-order valence-electron chi connectivity index (χ2n) is 4.69. The Labute approximate surface area is 127 Å². The van der Waals surface area contributed by atoms with E-state index in [2.05, 4.69) is 32.4 Å². The summed E-state index contributed by atoms with van der Waals surface area (Å²) in [5, 5.41) is 4.30. The number of thiocarbonyl (C=S) groups is 1. The Morgan fingerprint density at radius 2 is 2.15 bits per heavy atom. The van der Waals surface area contributed by atoms with Gasteiger partial charge in [-0.3, -0.25) is 0 Å². The first-order chi connectivity index (χ1) is 9.74. The van der Waals surface area contributed by atoms with Gasteiger partial charge in [0.1, 0.15) is 5.82 Å². The van der Waals surface area contributed by atoms with Crippen LogP contribution in [0.15, 0.2) is 41.1 Å². The molecule has 0 amide bonds. The van der Waals surface area contributed by atoms with Crippen molar-refractivity contribution in [3.05, 3.63) is 52.5 Å². The summed E-state index contributed by atoms with van der Waals surface area (Å²) in [6, 6.07) is 10.3. The number of benzene rings is 1. The van der Waals surface area contributed by atoms with Crippen molar-refractivity contribution in [3.8, 4) is 0 Å². The summed E-state index contributed by atoms with van der Waals surface area (Å²) in [5.74, 6) is 0.953. The van der Waals surface area contributed by atoms with E-state index in [4.69, 9.17) is 18.0 Å². The fourth-order valence-corrected chi connectivity index (χ4v) is 3.17. The van der Waals surface area contributed by atoms with Gasteiger partial charge in [0.2, 0.25) is 0 Å². The molecule has 2 heterocycles. The van der Waals surface area contributed by atoms with E-state index < -0.39 is 0 Å². The maximum atomic E-state index is 5.69. The lowest BCUT2D eigenvalue weighted by Gasteiger charge is -2.08. The maximum absolute atomic E-state index is 5.69. The van der Waals surface area contributed by atoms with Crippen LogP contribution in [0.25, 0.3) is 11.0 Å². The molecule has 0 aliphatic carbocycles. The van der Waals surface area contributed by atoms with Gasteiger partial charge in [0.15, 0.2) is 0 Å². The Hall–Kier alpha value is -1.72. The number of nitrogens with zero attached hydrogens (tertiary/aromatic N) is 2. The van der Waals surface area contributed by atoms with Gasteiger partial charge in [-0.05, 0) is 40.9 Å². The fraction of sp³-hybridized carbons (Fsp3) is 0.200. The van der Waals surface area contributed by atoms with Gasteiger partial charge in [0, 0.05) is 6.54 Å². The average molecular weight is 301 g/mol. The van der Waals surface area contributed by atoms with Crippen molar-refractivity contribution in [2.45, 2.75) is 19.4 Å². The number of thiophene rings is 1. The normalized spacial score (nSPS) is 11.0. The number of hydrogen-bond donors (Lipinski definition) is 1. The van der Waals surface area contributed by atoms with E-state index in [0.29, 0.717) is 11.4 Å². The molecule has 102 valence electrons. The van der Waals surface area contributed by atoms with Crippen LogP contribution in [0.4, 0.5) is 0 Å². The zero-order chi connectivity index (χ0) is 13.9. The lowest BCUT2D eigenvalue weighted by atomic mass is 10.2. The van der Waals surface area contributed by atoms with Gasteiger partial charge in [-0.15, -0.1) is 0 Å². The molecule has 0 aliphatic rings. The Kier molecular flexibility index (Phi) is 3.80. The topological polar surface area (TPSA) is 43.8 Å². The highest BCUT2D eigenvalue weighted by atomic mass is 32.1. The lowest BCUT2D eigenvalue weighted by molar-refractivity contribution is 0.686. The average Bonchev–Trinajstić information content (AvgIpc) is 3.03. The standard InChI is InChI=1S/C15H15N3S2/c16-14(19)9-15-17-12-3-1-2-4-13(12)18(15)7-5-11-6-8-20-10-11/h1-4,6,8,10H,5,7,9H2,(H2,16,19). The zero-order valence-electron chi connectivity index (χ0n) is 11.0. The van der Waals surface area contributed by atoms with Gasteiger partial charge in [0.05, 0.1) is 22.4 Å². The van der Waals surface area contributed by atoms with E-state index in [1.165, 1.54) is 5.56 Å². The zero-order valence-corrected chi connectivity index (χ0v) is 12.6. The molecular formula is C15H15N3S2. The van der Waals surface area contributed by atoms with Crippen LogP contribution in [0.2, 0.25) is 0 Å². The van der Waals surface area contributed by atoms with Crippen molar-refractivity contribution in [3.63, 3.8) is 0 Å². The molecule has 5 heteroatoms. The van der Waals surface area contributed by atoms with Crippen LogP contribution in [0.3, 0.4) is 0 Å². The fourth-order valence-electron chi connectivity index (χ4n) is 2.34. The summed E-state index contributed by atoms with van der Waals surface area (Å²) < 4.78 is 2.23. The van der Waals surface area contributed by atoms with E-state index in [9.17, 15) is 0 Å². The summed E-state index contributed by atoms with van der Waals surface area (Å²) >= 11 is 6.76. The van der Waals surface area contributed by atoms with E-state index in [-0.39, 0.29) is 0 Å². The molecule has 0 spiro atoms. The predicted octanol–water partition coefficient (Wildman–Crippen LogP) is 3.17. The number of aryl methyl sites for hydroxylation is 2. The molecule has 0 unspecified atom stereocenters. The molecule has 1 aromatic carbocycles. The van der Waals surface area contributed by atoms with Gasteiger partial charge in [-0.1, -0.05) is 24.4 Å². The highest BCUT2D eigenvalue weighted by Gasteiger charge is 2.11. The van der Waals surface area contributed by atoms with Gasteiger partial charge in [-0.2, -0.15) is 11.3 Å². The van der Waals surface area contributed by atoms with E-state index in [1.54, 1.807) is 11.3 Å². The molecule has 0 atom stereocenters. The smallest absolute Gasteiger partial charge is 0.116 e. The predicted molar refractivity (Wildman–Crippen MR) is 88.2 cm³/mol. The van der Waals surface area contributed by atoms with Crippen molar-refractivity contribution < 1.29 is 0 Å². The summed E-state index contributed by atoms with van der Waals surface area (Å²) in [4.78, 5) is 5.13. The maximum Gasteiger partial charge on any atom is 0.116 e. The molecule has 2 N–H and O–H groups in total. The SMILES string of the molecule is NC(=S)Cc1nc2ccccc2n1CCc1ccsc1. The van der Waals surface area contributed by atoms with Gasteiger partial charge in [-0.25, -0.2) is 4.98 Å². The molecule has 0 fully saturated rings. The third-order valence-corrected chi connectivity index (χ3v) is 4.15. The molecule has 2 aromatic heterocycles. The Morgan fingerprint density at radius 1 is 1.30 bits per heavy atom. The number of hydrogen-bond acceptors (Lipinski definition) is 3. The molecule has 0 aliphatic heterocycles. The number of para-hydroxylation sites is 2. The van der Waals surface area contributed by atoms with Crippen LogP contribution in [0.5, 0.6) is 0 Å². The molecular weight excluding hydrogens is 286 g/mol. The van der Waals surface area contributed by atoms with E-state index in [0.717, 1.165) is 29.8 Å². The molecule has 3 aromatic rings. The van der Waals surface area contributed by atoms with Crippen LogP contribution < -0.4 is 5.73 Å². The first-order valence-electron chi connectivity index (χ1n) is 6.47. The lowest BCUT2D eigenvalue weighted by Crippen LogP contribution is -2.16. The molecule has 3 nitrogen and oxygen atoms in total. The van der Waals surface area contributed by atoms with Crippen molar-refractivity contribution >= 4 is 39.6 Å². The van der Waals surface area contributed by atoms with Gasteiger partial charge >= 0.3 is 0 Å². The highest BCUT2D eigenvalue weighted by Crippen LogP contribution is 2.18. The molecule has 3 rings (SSSR count). The monoisotopic (exact) mass is 301 g/mol. The van der Waals surface area contributed by atoms with Crippen molar-refractivity contribution in [1.29, 1.82) is 0 Å². The molecule has 0 saturated carbocycles. The van der Waals surface area contributed by atoms with Crippen LogP contribution >= 0.6 is 23.6 Å². The van der Waals surface area contributed by atoms with Gasteiger partial charge in [0.25, 0.3) is 0 Å². The third kappa shape index (κ3) is 2.73. The minimum Gasteiger partial charge on any atom is -0.393 e. The minimum absolute atomic E-state index is 0.483. The molecule has 0 radical (unpaired) electrons. The summed E-state index contributed by atoms with van der Waals surface area (Å²) in [6.07, 6.45) is 1.54. The Bertz CT molecular complexity index is 729. The summed E-state index contributed by atoms with van der Waals surface area (Å²) in [5.41, 5.74) is 9.19. The minimum atomic E-state index is 0.483. The van der Waals surface area contributed by atoms with Crippen LogP contribution in [-0.4, -0.2) is 14.5 Å². The van der Waals surface area contributed by atoms with Crippen LogP contribution in [0, 0.1) is 0 Å². The first-order valence-corrected chi connectivity index (χ1v) is 7.82. The van der Waals surface area contributed by atoms with Crippen molar-refractivity contribution in [1.82, 2.24) is 9.55 Å². The second kappa shape index (κ2) is 5.73. The molecule has 20 heavy (non-hydrogen) atoms. The largest absolute Gasteiger partial charge is 0.393 e. The van der Waals surface area contributed by atoms with Crippen LogP contribution in [-0.2, 0) is 19.4 Å². The van der Waals surface area contributed by atoms with Crippen LogP contribution in [0.1, 0.15) is 11.4 Å². The van der Waals surface area contributed by atoms with Crippen molar-refractivity contribution in [2.75, 3.05) is 0 Å². The highest BCUT2D eigenvalue weighted by molar-refractivity contribution is 7.80. The Morgan fingerprint density at radius 3 is 2.90 bits per heavy atom. The third-order valence-electron chi connectivity index (χ3n) is 3.27. The summed E-state index contributed by atoms with van der Waals surface area (Å²) in [7, 11) is 0. The molecule has 0 bridgehead atoms.